The summed E-state index contributed by atoms with van der Waals surface area (Å²) >= 11 is 0. The molecule has 0 N–H and O–H groups in total. The van der Waals surface area contributed by atoms with E-state index in [1.54, 1.807) is 0 Å². The fourth-order valence-corrected chi connectivity index (χ4v) is 8.23. The van der Waals surface area contributed by atoms with Crippen molar-refractivity contribution in [2.24, 2.45) is 0 Å². The van der Waals surface area contributed by atoms with Crippen LogP contribution in [0.2, 0.25) is 0 Å². The summed E-state index contributed by atoms with van der Waals surface area (Å²) in [6.45, 7) is 0. The third-order valence-corrected chi connectivity index (χ3v) is 10.6. The van der Waals surface area contributed by atoms with Crippen molar-refractivity contribution in [3.05, 3.63) is 182 Å². The summed E-state index contributed by atoms with van der Waals surface area (Å²) in [7, 11) is 0. The van der Waals surface area contributed by atoms with Gasteiger partial charge < -0.3 is 4.40 Å². The third kappa shape index (κ3) is 4.59. The normalized spacial score (nSPS) is 11.8. The predicted octanol–water partition coefficient (Wildman–Crippen LogP) is 12.5. The Labute approximate surface area is 305 Å². The number of hydrogen-bond donors (Lipinski definition) is 0. The Morgan fingerprint density at radius 1 is 0.283 bits per heavy atom. The largest absolute Gasteiger partial charge is 0.308 e. The molecule has 0 aliphatic carbocycles. The van der Waals surface area contributed by atoms with Gasteiger partial charge in [0.1, 0.15) is 0 Å². The van der Waals surface area contributed by atoms with Crippen LogP contribution < -0.4 is 0 Å². The summed E-state index contributed by atoms with van der Waals surface area (Å²) in [6, 6.07) is 64.4. The molecule has 0 fully saturated rings. The Morgan fingerprint density at radius 2 is 0.792 bits per heavy atom. The van der Waals surface area contributed by atoms with Crippen molar-refractivity contribution >= 4 is 48.9 Å². The predicted molar refractivity (Wildman–Crippen MR) is 219 cm³/mol. The Hall–Kier alpha value is -7.17. The first-order valence-electron chi connectivity index (χ1n) is 18.0. The maximum Gasteiger partial charge on any atom is 0.164 e. The number of benzene rings is 8. The summed E-state index contributed by atoms with van der Waals surface area (Å²) in [4.78, 5) is 15.1. The van der Waals surface area contributed by atoms with Gasteiger partial charge in [0.05, 0.1) is 16.6 Å². The van der Waals surface area contributed by atoms with Crippen molar-refractivity contribution in [2.45, 2.75) is 0 Å². The molecule has 53 heavy (non-hydrogen) atoms. The first-order valence-corrected chi connectivity index (χ1v) is 18.0. The van der Waals surface area contributed by atoms with E-state index in [1.165, 1.54) is 60.0 Å². The molecule has 11 rings (SSSR count). The summed E-state index contributed by atoms with van der Waals surface area (Å²) in [5.74, 6) is 1.94. The molecule has 246 valence electrons. The van der Waals surface area contributed by atoms with E-state index in [2.05, 4.69) is 126 Å². The molecule has 0 aliphatic rings. The molecule has 0 bridgehead atoms. The van der Waals surface area contributed by atoms with Crippen LogP contribution in [0, 0.1) is 0 Å². The van der Waals surface area contributed by atoms with Gasteiger partial charge in [0.2, 0.25) is 0 Å². The maximum absolute atomic E-state index is 5.09. The second-order valence-electron chi connectivity index (χ2n) is 13.6. The first kappa shape index (κ1) is 29.5. The Balaban J connectivity index is 1.10. The lowest BCUT2D eigenvalue weighted by atomic mass is 9.90. The van der Waals surface area contributed by atoms with Crippen LogP contribution in [0.1, 0.15) is 0 Å². The van der Waals surface area contributed by atoms with Gasteiger partial charge in [0, 0.05) is 38.2 Å². The lowest BCUT2D eigenvalue weighted by Crippen LogP contribution is -2.01. The van der Waals surface area contributed by atoms with Gasteiger partial charge in [-0.1, -0.05) is 170 Å². The van der Waals surface area contributed by atoms with E-state index >= 15 is 0 Å². The number of aromatic nitrogens is 4. The van der Waals surface area contributed by atoms with Crippen LogP contribution in [-0.4, -0.2) is 19.4 Å². The molecule has 4 nitrogen and oxygen atoms in total. The fourth-order valence-electron chi connectivity index (χ4n) is 8.23. The van der Waals surface area contributed by atoms with Gasteiger partial charge in [-0.15, -0.1) is 0 Å². The van der Waals surface area contributed by atoms with Crippen molar-refractivity contribution in [1.29, 1.82) is 0 Å². The monoisotopic (exact) mass is 674 g/mol. The minimum absolute atomic E-state index is 0.643. The average Bonchev–Trinajstić information content (AvgIpc) is 3.76. The molecule has 0 radical (unpaired) electrons. The average molecular weight is 675 g/mol. The quantitative estimate of drug-likeness (QED) is 0.182. The molecule has 0 amide bonds. The maximum atomic E-state index is 5.09. The van der Waals surface area contributed by atoms with Gasteiger partial charge in [-0.2, -0.15) is 0 Å². The zero-order valence-corrected chi connectivity index (χ0v) is 28.6. The second kappa shape index (κ2) is 11.7. The SMILES string of the molecule is c1ccc(-c2nc(-c3ccccc3)nc(-c3ccccc3-c3ccc(-c4ccc5c6cccc7c8ccccc8n(c5c4)c76)c4ccccc34)n2)cc1. The van der Waals surface area contributed by atoms with Crippen LogP contribution >= 0.6 is 0 Å². The molecule has 11 aromatic rings. The smallest absolute Gasteiger partial charge is 0.164 e. The van der Waals surface area contributed by atoms with Crippen molar-refractivity contribution in [3.8, 4) is 56.4 Å². The first-order chi connectivity index (χ1) is 26.3. The van der Waals surface area contributed by atoms with Crippen LogP contribution in [-0.2, 0) is 0 Å². The van der Waals surface area contributed by atoms with Gasteiger partial charge >= 0.3 is 0 Å². The van der Waals surface area contributed by atoms with E-state index in [9.17, 15) is 0 Å². The molecular weight excluding hydrogens is 645 g/mol. The molecule has 8 aromatic carbocycles. The van der Waals surface area contributed by atoms with Crippen LogP contribution in [0.5, 0.6) is 0 Å². The minimum Gasteiger partial charge on any atom is -0.308 e. The molecule has 0 saturated heterocycles. The molecule has 0 saturated carbocycles. The molecule has 3 heterocycles. The molecule has 4 heteroatoms. The molecule has 3 aromatic heterocycles. The summed E-state index contributed by atoms with van der Waals surface area (Å²) in [5, 5.41) is 7.53. The highest BCUT2D eigenvalue weighted by atomic mass is 15.0. The van der Waals surface area contributed by atoms with Crippen LogP contribution in [0.15, 0.2) is 182 Å². The van der Waals surface area contributed by atoms with E-state index in [-0.39, 0.29) is 0 Å². The van der Waals surface area contributed by atoms with Gasteiger partial charge in [0.15, 0.2) is 17.5 Å². The topological polar surface area (TPSA) is 43.1 Å². The highest BCUT2D eigenvalue weighted by Crippen LogP contribution is 2.43. The van der Waals surface area contributed by atoms with E-state index in [0.717, 1.165) is 27.8 Å². The zero-order chi connectivity index (χ0) is 34.9. The standard InChI is InChI=1S/C49H30N4/c1-3-14-31(15-4-1)47-50-48(32-16-5-2-6-17-32)52-49(51-47)43-22-10-9-20-37(43)38-29-28-34(35-18-7-8-19-36(35)38)33-26-27-40-42-24-13-23-41-39-21-11-12-25-44(39)53(46(41)42)45(40)30-33/h1-30H. The number of nitrogens with zero attached hydrogens (tertiary/aromatic N) is 4. The summed E-state index contributed by atoms with van der Waals surface area (Å²) in [6.07, 6.45) is 0. The number of rotatable bonds is 5. The fraction of sp³-hybridized carbons (Fsp3) is 0. The third-order valence-electron chi connectivity index (χ3n) is 10.6. The lowest BCUT2D eigenvalue weighted by Gasteiger charge is -2.16. The van der Waals surface area contributed by atoms with Gasteiger partial charge in [0.25, 0.3) is 0 Å². The highest BCUT2D eigenvalue weighted by molar-refractivity contribution is 6.23. The van der Waals surface area contributed by atoms with Gasteiger partial charge in [-0.3, -0.25) is 0 Å². The summed E-state index contributed by atoms with van der Waals surface area (Å²) in [5.41, 5.74) is 11.2. The number of para-hydroxylation sites is 2. The van der Waals surface area contributed by atoms with Crippen molar-refractivity contribution < 1.29 is 0 Å². The van der Waals surface area contributed by atoms with E-state index in [1.807, 2.05) is 60.7 Å². The van der Waals surface area contributed by atoms with Crippen LogP contribution in [0.4, 0.5) is 0 Å². The van der Waals surface area contributed by atoms with Crippen LogP contribution in [0.25, 0.3) is 105 Å². The van der Waals surface area contributed by atoms with Gasteiger partial charge in [-0.25, -0.2) is 15.0 Å². The zero-order valence-electron chi connectivity index (χ0n) is 28.6. The van der Waals surface area contributed by atoms with Crippen LogP contribution in [0.3, 0.4) is 0 Å². The second-order valence-corrected chi connectivity index (χ2v) is 13.6. The van der Waals surface area contributed by atoms with E-state index < -0.39 is 0 Å². The summed E-state index contributed by atoms with van der Waals surface area (Å²) < 4.78 is 2.45. The van der Waals surface area contributed by atoms with E-state index in [4.69, 9.17) is 15.0 Å². The van der Waals surface area contributed by atoms with Crippen molar-refractivity contribution in [2.75, 3.05) is 0 Å². The van der Waals surface area contributed by atoms with Crippen molar-refractivity contribution in [3.63, 3.8) is 0 Å². The van der Waals surface area contributed by atoms with Crippen molar-refractivity contribution in [1.82, 2.24) is 19.4 Å². The Kier molecular flexibility index (Phi) is 6.52. The highest BCUT2D eigenvalue weighted by Gasteiger charge is 2.20. The molecular formula is C49H30N4. The Bertz CT molecular complexity index is 3110. The molecule has 0 aliphatic heterocycles. The number of fused-ring (bicyclic) bond motifs is 7. The van der Waals surface area contributed by atoms with Gasteiger partial charge in [-0.05, 0) is 45.2 Å². The minimum atomic E-state index is 0.643. The molecule has 0 unspecified atom stereocenters. The molecule has 0 atom stereocenters. The number of hydrogen-bond acceptors (Lipinski definition) is 3. The lowest BCUT2D eigenvalue weighted by molar-refractivity contribution is 1.07. The Morgan fingerprint density at radius 3 is 1.49 bits per heavy atom. The molecule has 0 spiro atoms. The van der Waals surface area contributed by atoms with E-state index in [0.29, 0.717) is 17.5 Å².